The molecule has 1 aromatic carbocycles. The number of aromatic nitrogens is 2. The molecule has 1 aromatic heterocycles. The standard InChI is InChI=1S/C18H22N2O/c1-3-16-12-17(20(4-2)19-16)18(21)15-10-6-9-14(11-15)13-7-5-8-13/h6,9-13H,3-5,7-8H2,1-2H3. The van der Waals surface area contributed by atoms with E-state index < -0.39 is 0 Å². The van der Waals surface area contributed by atoms with Gasteiger partial charge in [0.05, 0.1) is 5.69 Å². The molecule has 3 rings (SSSR count). The highest BCUT2D eigenvalue weighted by Gasteiger charge is 2.21. The third-order valence-electron chi connectivity index (χ3n) is 4.45. The summed E-state index contributed by atoms with van der Waals surface area (Å²) < 4.78 is 1.82. The Hall–Kier alpha value is -1.90. The third kappa shape index (κ3) is 2.65. The molecule has 0 radical (unpaired) electrons. The van der Waals surface area contributed by atoms with Gasteiger partial charge in [0.25, 0.3) is 0 Å². The molecule has 1 saturated carbocycles. The minimum atomic E-state index is 0.0882. The molecule has 0 bridgehead atoms. The maximum absolute atomic E-state index is 12.8. The van der Waals surface area contributed by atoms with Crippen LogP contribution in [0, 0.1) is 0 Å². The van der Waals surface area contributed by atoms with Crippen molar-refractivity contribution in [1.29, 1.82) is 0 Å². The molecule has 1 fully saturated rings. The lowest BCUT2D eigenvalue weighted by molar-refractivity contribution is 0.102. The molecule has 110 valence electrons. The molecule has 0 aliphatic heterocycles. The number of rotatable bonds is 5. The van der Waals surface area contributed by atoms with E-state index in [1.807, 2.05) is 29.8 Å². The van der Waals surface area contributed by atoms with Crippen LogP contribution >= 0.6 is 0 Å². The van der Waals surface area contributed by atoms with Gasteiger partial charge in [0.15, 0.2) is 0 Å². The van der Waals surface area contributed by atoms with Gasteiger partial charge in [0, 0.05) is 12.1 Å². The van der Waals surface area contributed by atoms with Gasteiger partial charge in [-0.15, -0.1) is 0 Å². The lowest BCUT2D eigenvalue weighted by Gasteiger charge is -2.26. The van der Waals surface area contributed by atoms with Crippen molar-refractivity contribution in [3.8, 4) is 0 Å². The van der Waals surface area contributed by atoms with E-state index in [-0.39, 0.29) is 5.78 Å². The lowest BCUT2D eigenvalue weighted by atomic mass is 9.79. The summed E-state index contributed by atoms with van der Waals surface area (Å²) in [5, 5.41) is 4.47. The van der Waals surface area contributed by atoms with Crippen LogP contribution in [-0.4, -0.2) is 15.6 Å². The molecule has 0 atom stereocenters. The molecule has 21 heavy (non-hydrogen) atoms. The second kappa shape index (κ2) is 5.84. The predicted molar refractivity (Wildman–Crippen MR) is 83.7 cm³/mol. The lowest BCUT2D eigenvalue weighted by Crippen LogP contribution is -2.12. The highest BCUT2D eigenvalue weighted by molar-refractivity contribution is 6.08. The number of hydrogen-bond donors (Lipinski definition) is 0. The van der Waals surface area contributed by atoms with Gasteiger partial charge < -0.3 is 0 Å². The minimum absolute atomic E-state index is 0.0882. The molecule has 3 nitrogen and oxygen atoms in total. The number of benzene rings is 1. The molecule has 0 N–H and O–H groups in total. The number of carbonyl (C=O) groups excluding carboxylic acids is 1. The van der Waals surface area contributed by atoms with Crippen LogP contribution in [0.1, 0.15) is 66.3 Å². The van der Waals surface area contributed by atoms with Crippen molar-refractivity contribution < 1.29 is 4.79 Å². The van der Waals surface area contributed by atoms with Crippen LogP contribution in [0.2, 0.25) is 0 Å². The Balaban J connectivity index is 1.92. The zero-order valence-electron chi connectivity index (χ0n) is 12.8. The molecular weight excluding hydrogens is 260 g/mol. The van der Waals surface area contributed by atoms with Crippen LogP contribution in [-0.2, 0) is 13.0 Å². The fourth-order valence-corrected chi connectivity index (χ4v) is 2.89. The number of nitrogens with zero attached hydrogens (tertiary/aromatic N) is 2. The second-order valence-corrected chi connectivity index (χ2v) is 5.77. The first kappa shape index (κ1) is 14.1. The quantitative estimate of drug-likeness (QED) is 0.778. The smallest absolute Gasteiger partial charge is 0.211 e. The average molecular weight is 282 g/mol. The van der Waals surface area contributed by atoms with Crippen molar-refractivity contribution in [1.82, 2.24) is 9.78 Å². The monoisotopic (exact) mass is 282 g/mol. The summed E-state index contributed by atoms with van der Waals surface area (Å²) in [5.74, 6) is 0.741. The maximum Gasteiger partial charge on any atom is 0.211 e. The van der Waals surface area contributed by atoms with Crippen molar-refractivity contribution in [2.24, 2.45) is 0 Å². The van der Waals surface area contributed by atoms with Crippen molar-refractivity contribution in [3.05, 3.63) is 52.8 Å². The normalized spacial score (nSPS) is 15.0. The van der Waals surface area contributed by atoms with Crippen LogP contribution in [0.15, 0.2) is 30.3 Å². The number of hydrogen-bond acceptors (Lipinski definition) is 2. The fourth-order valence-electron chi connectivity index (χ4n) is 2.89. The Morgan fingerprint density at radius 3 is 2.71 bits per heavy atom. The molecule has 1 aliphatic carbocycles. The first-order valence-corrected chi connectivity index (χ1v) is 7.94. The average Bonchev–Trinajstić information content (AvgIpc) is 2.88. The van der Waals surface area contributed by atoms with Gasteiger partial charge in [-0.2, -0.15) is 5.10 Å². The van der Waals surface area contributed by atoms with Gasteiger partial charge in [-0.3, -0.25) is 9.48 Å². The summed E-state index contributed by atoms with van der Waals surface area (Å²) in [6.07, 6.45) is 4.68. The molecule has 1 aliphatic rings. The minimum Gasteiger partial charge on any atom is -0.287 e. The van der Waals surface area contributed by atoms with Crippen LogP contribution in [0.25, 0.3) is 0 Å². The van der Waals surface area contributed by atoms with Crippen molar-refractivity contribution in [2.75, 3.05) is 0 Å². The second-order valence-electron chi connectivity index (χ2n) is 5.77. The Bertz CT molecular complexity index is 653. The van der Waals surface area contributed by atoms with Gasteiger partial charge in [-0.25, -0.2) is 0 Å². The van der Waals surface area contributed by atoms with Gasteiger partial charge in [0.2, 0.25) is 5.78 Å². The molecule has 0 unspecified atom stereocenters. The van der Waals surface area contributed by atoms with Gasteiger partial charge in [-0.05, 0) is 49.8 Å². The van der Waals surface area contributed by atoms with Gasteiger partial charge in [-0.1, -0.05) is 31.5 Å². The predicted octanol–water partition coefficient (Wildman–Crippen LogP) is 3.96. The Morgan fingerprint density at radius 2 is 2.10 bits per heavy atom. The van der Waals surface area contributed by atoms with E-state index in [1.54, 1.807) is 0 Å². The first-order chi connectivity index (χ1) is 10.2. The highest BCUT2D eigenvalue weighted by atomic mass is 16.1. The summed E-state index contributed by atoms with van der Waals surface area (Å²) in [4.78, 5) is 12.8. The topological polar surface area (TPSA) is 34.9 Å². The highest BCUT2D eigenvalue weighted by Crippen LogP contribution is 2.36. The Kier molecular flexibility index (Phi) is 3.91. The fraction of sp³-hybridized carbons (Fsp3) is 0.444. The molecule has 2 aromatic rings. The van der Waals surface area contributed by atoms with Crippen molar-refractivity contribution in [3.63, 3.8) is 0 Å². The Morgan fingerprint density at radius 1 is 1.29 bits per heavy atom. The van der Waals surface area contributed by atoms with E-state index in [2.05, 4.69) is 24.2 Å². The zero-order valence-corrected chi connectivity index (χ0v) is 12.8. The maximum atomic E-state index is 12.8. The molecule has 0 amide bonds. The zero-order chi connectivity index (χ0) is 14.8. The van der Waals surface area contributed by atoms with Crippen LogP contribution < -0.4 is 0 Å². The van der Waals surface area contributed by atoms with E-state index >= 15 is 0 Å². The largest absolute Gasteiger partial charge is 0.287 e. The molecule has 0 spiro atoms. The summed E-state index contributed by atoms with van der Waals surface area (Å²) >= 11 is 0. The summed E-state index contributed by atoms with van der Waals surface area (Å²) in [6, 6.07) is 10.1. The molecular formula is C18H22N2O. The third-order valence-corrected chi connectivity index (χ3v) is 4.45. The van der Waals surface area contributed by atoms with Crippen LogP contribution in [0.4, 0.5) is 0 Å². The molecule has 3 heteroatoms. The van der Waals surface area contributed by atoms with Crippen LogP contribution in [0.3, 0.4) is 0 Å². The van der Waals surface area contributed by atoms with Crippen molar-refractivity contribution in [2.45, 2.75) is 52.0 Å². The van der Waals surface area contributed by atoms with E-state index in [4.69, 9.17) is 0 Å². The number of ketones is 1. The summed E-state index contributed by atoms with van der Waals surface area (Å²) in [7, 11) is 0. The first-order valence-electron chi connectivity index (χ1n) is 7.94. The molecule has 1 heterocycles. The van der Waals surface area contributed by atoms with Crippen molar-refractivity contribution >= 4 is 5.78 Å². The molecule has 0 saturated heterocycles. The van der Waals surface area contributed by atoms with E-state index in [0.29, 0.717) is 11.6 Å². The number of carbonyl (C=O) groups is 1. The number of aryl methyl sites for hydroxylation is 2. The van der Waals surface area contributed by atoms with Gasteiger partial charge in [0.1, 0.15) is 5.69 Å². The van der Waals surface area contributed by atoms with Crippen LogP contribution in [0.5, 0.6) is 0 Å². The summed E-state index contributed by atoms with van der Waals surface area (Å²) in [5.41, 5.74) is 3.79. The SMILES string of the molecule is CCc1cc(C(=O)c2cccc(C3CCC3)c2)n(CC)n1. The summed E-state index contributed by atoms with van der Waals surface area (Å²) in [6.45, 7) is 4.81. The van der Waals surface area contributed by atoms with E-state index in [9.17, 15) is 4.79 Å². The Labute approximate surface area is 126 Å². The van der Waals surface area contributed by atoms with E-state index in [1.165, 1.54) is 24.8 Å². The van der Waals surface area contributed by atoms with E-state index in [0.717, 1.165) is 24.2 Å². The van der Waals surface area contributed by atoms with Gasteiger partial charge >= 0.3 is 0 Å².